The number of rotatable bonds is 5. The molecule has 0 aliphatic rings. The fourth-order valence-electron chi connectivity index (χ4n) is 2.83. The largest absolute Gasteiger partial charge is 0.339 e. The zero-order valence-corrected chi connectivity index (χ0v) is 14.9. The van der Waals surface area contributed by atoms with Crippen molar-refractivity contribution in [2.45, 2.75) is 19.9 Å². The van der Waals surface area contributed by atoms with E-state index in [2.05, 4.69) is 15.2 Å². The molecule has 0 saturated heterocycles. The van der Waals surface area contributed by atoms with E-state index in [9.17, 15) is 4.79 Å². The lowest BCUT2D eigenvalue weighted by Gasteiger charge is -2.05. The number of hydrogen-bond donors (Lipinski definition) is 0. The van der Waals surface area contributed by atoms with E-state index in [4.69, 9.17) is 4.52 Å². The van der Waals surface area contributed by atoms with Crippen LogP contribution in [0.2, 0.25) is 0 Å². The Labute approximate surface area is 156 Å². The summed E-state index contributed by atoms with van der Waals surface area (Å²) in [5, 5.41) is 8.48. The first-order valence-electron chi connectivity index (χ1n) is 8.72. The Hall–Kier alpha value is -3.54. The van der Waals surface area contributed by atoms with E-state index in [1.165, 1.54) is 10.7 Å². The number of hydrogen-bond acceptors (Lipinski definition) is 5. The standard InChI is InChI=1S/C21H18N4O2/c1-15-6-5-9-17(14-15)21-22-19(27-24-21)12-13-25-20(26)11-10-18(23-25)16-7-3-2-4-8-16/h2-11,14H,12-13H2,1H3. The van der Waals surface area contributed by atoms with Crippen molar-refractivity contribution in [1.82, 2.24) is 19.9 Å². The predicted molar refractivity (Wildman–Crippen MR) is 102 cm³/mol. The number of aromatic nitrogens is 4. The van der Waals surface area contributed by atoms with Crippen LogP contribution in [0.1, 0.15) is 11.5 Å². The first-order chi connectivity index (χ1) is 13.2. The molecule has 134 valence electrons. The summed E-state index contributed by atoms with van der Waals surface area (Å²) in [6.07, 6.45) is 0.434. The Morgan fingerprint density at radius 3 is 2.59 bits per heavy atom. The zero-order chi connectivity index (χ0) is 18.6. The van der Waals surface area contributed by atoms with E-state index < -0.39 is 0 Å². The van der Waals surface area contributed by atoms with Crippen molar-refractivity contribution < 1.29 is 4.52 Å². The van der Waals surface area contributed by atoms with Gasteiger partial charge in [-0.05, 0) is 19.1 Å². The Morgan fingerprint density at radius 2 is 1.78 bits per heavy atom. The highest BCUT2D eigenvalue weighted by atomic mass is 16.5. The molecule has 0 unspecified atom stereocenters. The first-order valence-corrected chi connectivity index (χ1v) is 8.72. The molecular formula is C21H18N4O2. The van der Waals surface area contributed by atoms with Crippen LogP contribution < -0.4 is 5.56 Å². The van der Waals surface area contributed by atoms with Crippen molar-refractivity contribution in [2.75, 3.05) is 0 Å². The fourth-order valence-corrected chi connectivity index (χ4v) is 2.83. The molecule has 0 radical (unpaired) electrons. The Morgan fingerprint density at radius 1 is 0.963 bits per heavy atom. The molecule has 2 aromatic carbocycles. The maximum atomic E-state index is 12.1. The fraction of sp³-hybridized carbons (Fsp3) is 0.143. The molecule has 6 nitrogen and oxygen atoms in total. The lowest BCUT2D eigenvalue weighted by atomic mass is 10.1. The van der Waals surface area contributed by atoms with Gasteiger partial charge in [0.15, 0.2) is 0 Å². The minimum absolute atomic E-state index is 0.159. The van der Waals surface area contributed by atoms with E-state index in [1.54, 1.807) is 6.07 Å². The molecule has 0 saturated carbocycles. The minimum atomic E-state index is -0.159. The number of nitrogens with zero attached hydrogens (tertiary/aromatic N) is 4. The molecule has 0 bridgehead atoms. The molecule has 0 N–H and O–H groups in total. The lowest BCUT2D eigenvalue weighted by molar-refractivity contribution is 0.368. The molecule has 0 amide bonds. The zero-order valence-electron chi connectivity index (χ0n) is 14.9. The average molecular weight is 358 g/mol. The third-order valence-electron chi connectivity index (χ3n) is 4.22. The normalized spacial score (nSPS) is 10.9. The van der Waals surface area contributed by atoms with Gasteiger partial charge in [-0.15, -0.1) is 0 Å². The topological polar surface area (TPSA) is 73.8 Å². The molecule has 0 atom stereocenters. The summed E-state index contributed by atoms with van der Waals surface area (Å²) in [6, 6.07) is 20.9. The van der Waals surface area contributed by atoms with Crippen molar-refractivity contribution in [3.8, 4) is 22.6 Å². The second-order valence-corrected chi connectivity index (χ2v) is 6.28. The van der Waals surface area contributed by atoms with Crippen molar-refractivity contribution in [3.05, 3.63) is 88.5 Å². The van der Waals surface area contributed by atoms with Crippen molar-refractivity contribution in [3.63, 3.8) is 0 Å². The van der Waals surface area contributed by atoms with E-state index in [0.717, 1.165) is 22.4 Å². The summed E-state index contributed by atoms with van der Waals surface area (Å²) in [6.45, 7) is 2.39. The molecule has 2 aromatic heterocycles. The van der Waals surface area contributed by atoms with Crippen LogP contribution in [-0.4, -0.2) is 19.9 Å². The van der Waals surface area contributed by atoms with Gasteiger partial charge in [0.25, 0.3) is 5.56 Å². The van der Waals surface area contributed by atoms with Crippen LogP contribution in [0.15, 0.2) is 76.0 Å². The Balaban J connectivity index is 1.52. The van der Waals surface area contributed by atoms with Crippen LogP contribution in [0.5, 0.6) is 0 Å². The van der Waals surface area contributed by atoms with Crippen LogP contribution >= 0.6 is 0 Å². The average Bonchev–Trinajstić information content (AvgIpc) is 3.17. The second-order valence-electron chi connectivity index (χ2n) is 6.28. The maximum absolute atomic E-state index is 12.1. The summed E-state index contributed by atoms with van der Waals surface area (Å²) >= 11 is 0. The molecule has 6 heteroatoms. The Bertz CT molecular complexity index is 1120. The summed E-state index contributed by atoms with van der Waals surface area (Å²) in [5.74, 6) is 1.03. The van der Waals surface area contributed by atoms with E-state index in [0.29, 0.717) is 24.7 Å². The van der Waals surface area contributed by atoms with Crippen LogP contribution in [0.4, 0.5) is 0 Å². The van der Waals surface area contributed by atoms with Crippen LogP contribution in [0, 0.1) is 6.92 Å². The molecule has 2 heterocycles. The van der Waals surface area contributed by atoms with Gasteiger partial charge in [-0.1, -0.05) is 59.3 Å². The molecule has 4 rings (SSSR count). The van der Waals surface area contributed by atoms with Gasteiger partial charge in [0.05, 0.1) is 12.2 Å². The summed E-state index contributed by atoms with van der Waals surface area (Å²) < 4.78 is 6.76. The molecule has 0 aliphatic heterocycles. The van der Waals surface area contributed by atoms with Gasteiger partial charge in [-0.3, -0.25) is 4.79 Å². The van der Waals surface area contributed by atoms with Gasteiger partial charge in [-0.25, -0.2) is 4.68 Å². The highest BCUT2D eigenvalue weighted by Gasteiger charge is 2.10. The first kappa shape index (κ1) is 16.9. The van der Waals surface area contributed by atoms with E-state index >= 15 is 0 Å². The minimum Gasteiger partial charge on any atom is -0.339 e. The van der Waals surface area contributed by atoms with Crippen LogP contribution in [0.3, 0.4) is 0 Å². The van der Waals surface area contributed by atoms with Crippen LogP contribution in [-0.2, 0) is 13.0 Å². The summed E-state index contributed by atoms with van der Waals surface area (Å²) in [4.78, 5) is 16.5. The third-order valence-corrected chi connectivity index (χ3v) is 4.22. The third kappa shape index (κ3) is 3.84. The Kier molecular flexibility index (Phi) is 4.61. The molecular weight excluding hydrogens is 340 g/mol. The van der Waals surface area contributed by atoms with Crippen LogP contribution in [0.25, 0.3) is 22.6 Å². The van der Waals surface area contributed by atoms with Gasteiger partial charge in [-0.2, -0.15) is 10.1 Å². The molecule has 27 heavy (non-hydrogen) atoms. The van der Waals surface area contributed by atoms with Crippen molar-refractivity contribution in [1.29, 1.82) is 0 Å². The lowest BCUT2D eigenvalue weighted by Crippen LogP contribution is -2.23. The SMILES string of the molecule is Cc1cccc(-c2noc(CCn3nc(-c4ccccc4)ccc3=O)n2)c1. The van der Waals surface area contributed by atoms with Gasteiger partial charge >= 0.3 is 0 Å². The molecule has 0 spiro atoms. The van der Waals surface area contributed by atoms with Gasteiger partial charge < -0.3 is 4.52 Å². The summed E-state index contributed by atoms with van der Waals surface area (Å²) in [5.41, 5.74) is 3.60. The molecule has 4 aromatic rings. The quantitative estimate of drug-likeness (QED) is 0.546. The predicted octanol–water partition coefficient (Wildman–Crippen LogP) is 3.51. The van der Waals surface area contributed by atoms with Crippen molar-refractivity contribution >= 4 is 0 Å². The highest BCUT2D eigenvalue weighted by molar-refractivity contribution is 5.57. The van der Waals surface area contributed by atoms with Gasteiger partial charge in [0, 0.05) is 23.6 Å². The van der Waals surface area contributed by atoms with E-state index in [1.807, 2.05) is 61.5 Å². The number of aryl methyl sites for hydroxylation is 3. The highest BCUT2D eigenvalue weighted by Crippen LogP contribution is 2.17. The molecule has 0 fully saturated rings. The van der Waals surface area contributed by atoms with Crippen molar-refractivity contribution in [2.24, 2.45) is 0 Å². The smallest absolute Gasteiger partial charge is 0.266 e. The van der Waals surface area contributed by atoms with Gasteiger partial charge in [0.2, 0.25) is 11.7 Å². The number of benzene rings is 2. The monoisotopic (exact) mass is 358 g/mol. The second kappa shape index (κ2) is 7.37. The molecule has 0 aliphatic carbocycles. The van der Waals surface area contributed by atoms with E-state index in [-0.39, 0.29) is 5.56 Å². The maximum Gasteiger partial charge on any atom is 0.266 e. The van der Waals surface area contributed by atoms with Gasteiger partial charge in [0.1, 0.15) is 0 Å². The summed E-state index contributed by atoms with van der Waals surface area (Å²) in [7, 11) is 0.